The van der Waals surface area contributed by atoms with Crippen LogP contribution >= 0.6 is 11.6 Å². The second-order valence-corrected chi connectivity index (χ2v) is 9.07. The molecule has 0 saturated heterocycles. The second kappa shape index (κ2) is 10.2. The van der Waals surface area contributed by atoms with Gasteiger partial charge in [0.2, 0.25) is 5.95 Å². The van der Waals surface area contributed by atoms with E-state index in [0.717, 1.165) is 36.8 Å². The van der Waals surface area contributed by atoms with Crippen LogP contribution in [0.25, 0.3) is 16.8 Å². The van der Waals surface area contributed by atoms with Crippen LogP contribution in [0.15, 0.2) is 61.1 Å². The number of benzene rings is 1. The quantitative estimate of drug-likeness (QED) is 0.299. The highest BCUT2D eigenvalue weighted by Crippen LogP contribution is 2.30. The van der Waals surface area contributed by atoms with Crippen LogP contribution in [0.4, 0.5) is 16.4 Å². The van der Waals surface area contributed by atoms with E-state index in [1.165, 1.54) is 0 Å². The molecule has 1 aliphatic carbocycles. The van der Waals surface area contributed by atoms with Gasteiger partial charge in [0.1, 0.15) is 0 Å². The lowest BCUT2D eigenvalue weighted by molar-refractivity contribution is 0.0926. The predicted molar refractivity (Wildman–Crippen MR) is 136 cm³/mol. The van der Waals surface area contributed by atoms with Crippen LogP contribution in [-0.4, -0.2) is 48.8 Å². The number of anilines is 2. The molecule has 11 heteroatoms. The topological polar surface area (TPSA) is 134 Å². The summed E-state index contributed by atoms with van der Waals surface area (Å²) in [4.78, 5) is 32.5. The predicted octanol–water partition coefficient (Wildman–Crippen LogP) is 4.69. The van der Waals surface area contributed by atoms with Crippen molar-refractivity contribution in [3.63, 3.8) is 0 Å². The number of fused-ring (bicyclic) bond motifs is 1. The van der Waals surface area contributed by atoms with E-state index in [-0.39, 0.29) is 18.0 Å². The number of nitrogens with zero attached hydrogens (tertiary/aromatic N) is 4. The van der Waals surface area contributed by atoms with E-state index in [1.54, 1.807) is 41.2 Å². The number of nitrogens with one attached hydrogen (secondary N) is 3. The standard InChI is InChI=1S/C25H24ClN7O3/c26-20-14-27-24(32-22(20)19-13-28-33-11-2-1-6-21(19)33)30-18-5-3-4-17(12-18)29-23(34)15-7-9-16(10-8-15)31-25(35)36/h1-2,6-11,13-14,17-18,31H,3-5,12H2,(H,29,34)(H,35,36)(H,27,30,32)/t17?,18-/m1/s1. The highest BCUT2D eigenvalue weighted by molar-refractivity contribution is 6.33. The Morgan fingerprint density at radius 1 is 1.06 bits per heavy atom. The summed E-state index contributed by atoms with van der Waals surface area (Å²) in [5.41, 5.74) is 3.21. The molecule has 1 aliphatic rings. The van der Waals surface area contributed by atoms with Gasteiger partial charge in [0.05, 0.1) is 28.6 Å². The van der Waals surface area contributed by atoms with Gasteiger partial charge >= 0.3 is 6.09 Å². The van der Waals surface area contributed by atoms with Crippen molar-refractivity contribution in [2.24, 2.45) is 0 Å². The fraction of sp³-hybridized carbons (Fsp3) is 0.240. The molecule has 1 unspecified atom stereocenters. The lowest BCUT2D eigenvalue weighted by Gasteiger charge is -2.30. The highest BCUT2D eigenvalue weighted by atomic mass is 35.5. The van der Waals surface area contributed by atoms with E-state index in [0.29, 0.717) is 27.9 Å². The van der Waals surface area contributed by atoms with Gasteiger partial charge in [-0.15, -0.1) is 0 Å². The van der Waals surface area contributed by atoms with Crippen LogP contribution in [0.3, 0.4) is 0 Å². The minimum absolute atomic E-state index is 0.00745. The molecule has 2 amide bonds. The third kappa shape index (κ3) is 5.23. The van der Waals surface area contributed by atoms with Crippen LogP contribution in [0, 0.1) is 0 Å². The summed E-state index contributed by atoms with van der Waals surface area (Å²) in [6, 6.07) is 12.2. The molecule has 5 rings (SSSR count). The van der Waals surface area contributed by atoms with Crippen molar-refractivity contribution < 1.29 is 14.7 Å². The first-order chi connectivity index (χ1) is 17.5. The van der Waals surface area contributed by atoms with E-state index in [2.05, 4.69) is 31.0 Å². The van der Waals surface area contributed by atoms with Crippen LogP contribution in [0.1, 0.15) is 36.0 Å². The number of pyridine rings is 1. The minimum atomic E-state index is -1.15. The first-order valence-corrected chi connectivity index (χ1v) is 12.0. The Labute approximate surface area is 211 Å². The zero-order chi connectivity index (χ0) is 25.1. The van der Waals surface area contributed by atoms with Crippen molar-refractivity contribution >= 4 is 40.8 Å². The SMILES string of the molecule is O=C(O)Nc1ccc(C(=O)NC2CCC[C@@H](Nc3ncc(Cl)c(-c4cnn5ccccc45)n3)C2)cc1. The fourth-order valence-electron chi connectivity index (χ4n) is 4.47. The Morgan fingerprint density at radius 2 is 1.86 bits per heavy atom. The van der Waals surface area contributed by atoms with Crippen molar-refractivity contribution in [3.8, 4) is 11.3 Å². The van der Waals surface area contributed by atoms with Crippen molar-refractivity contribution in [1.29, 1.82) is 0 Å². The maximum atomic E-state index is 12.7. The molecule has 1 aromatic carbocycles. The monoisotopic (exact) mass is 505 g/mol. The number of carbonyl (C=O) groups is 2. The Kier molecular flexibility index (Phi) is 6.68. The molecule has 0 aliphatic heterocycles. The van der Waals surface area contributed by atoms with E-state index in [9.17, 15) is 9.59 Å². The summed E-state index contributed by atoms with van der Waals surface area (Å²) < 4.78 is 1.77. The van der Waals surface area contributed by atoms with Gasteiger partial charge < -0.3 is 15.7 Å². The number of hydrogen-bond acceptors (Lipinski definition) is 6. The van der Waals surface area contributed by atoms with Gasteiger partial charge in [-0.3, -0.25) is 10.1 Å². The molecule has 10 nitrogen and oxygen atoms in total. The maximum Gasteiger partial charge on any atom is 0.409 e. The molecule has 3 heterocycles. The zero-order valence-corrected chi connectivity index (χ0v) is 19.9. The van der Waals surface area contributed by atoms with E-state index >= 15 is 0 Å². The van der Waals surface area contributed by atoms with Gasteiger partial charge in [0, 0.05) is 35.1 Å². The van der Waals surface area contributed by atoms with Gasteiger partial charge in [-0.05, 0) is 62.1 Å². The molecule has 0 spiro atoms. The minimum Gasteiger partial charge on any atom is -0.465 e. The fourth-order valence-corrected chi connectivity index (χ4v) is 4.67. The molecule has 3 aromatic heterocycles. The smallest absolute Gasteiger partial charge is 0.409 e. The summed E-state index contributed by atoms with van der Waals surface area (Å²) in [5.74, 6) is 0.281. The Morgan fingerprint density at radius 3 is 2.67 bits per heavy atom. The van der Waals surface area contributed by atoms with Crippen molar-refractivity contribution in [3.05, 3.63) is 71.6 Å². The summed E-state index contributed by atoms with van der Waals surface area (Å²) >= 11 is 6.43. The normalized spacial score (nSPS) is 17.5. The molecular weight excluding hydrogens is 482 g/mol. The summed E-state index contributed by atoms with van der Waals surface area (Å²) in [6.07, 6.45) is 7.51. The van der Waals surface area contributed by atoms with Gasteiger partial charge in [-0.2, -0.15) is 5.10 Å². The lowest BCUT2D eigenvalue weighted by Crippen LogP contribution is -2.42. The molecule has 36 heavy (non-hydrogen) atoms. The Bertz CT molecular complexity index is 1410. The number of rotatable bonds is 6. The summed E-state index contributed by atoms with van der Waals surface area (Å²) in [5, 5.41) is 22.4. The molecule has 0 radical (unpaired) electrons. The maximum absolute atomic E-state index is 12.7. The largest absolute Gasteiger partial charge is 0.465 e. The van der Waals surface area contributed by atoms with Crippen molar-refractivity contribution in [2.45, 2.75) is 37.8 Å². The summed E-state index contributed by atoms with van der Waals surface area (Å²) in [6.45, 7) is 0. The van der Waals surface area contributed by atoms with E-state index in [4.69, 9.17) is 16.7 Å². The number of amides is 2. The number of carboxylic acid groups (broad SMARTS) is 1. The molecule has 1 fully saturated rings. The number of hydrogen-bond donors (Lipinski definition) is 4. The van der Waals surface area contributed by atoms with Gasteiger partial charge in [0.25, 0.3) is 5.91 Å². The van der Waals surface area contributed by atoms with Gasteiger partial charge in [-0.1, -0.05) is 17.7 Å². The second-order valence-electron chi connectivity index (χ2n) is 8.66. The molecule has 184 valence electrons. The number of halogens is 1. The summed E-state index contributed by atoms with van der Waals surface area (Å²) in [7, 11) is 0. The molecule has 4 aromatic rings. The number of aromatic nitrogens is 4. The first kappa shape index (κ1) is 23.6. The van der Waals surface area contributed by atoms with Crippen LogP contribution in [-0.2, 0) is 0 Å². The number of carbonyl (C=O) groups excluding carboxylic acids is 1. The molecular formula is C25H24ClN7O3. The molecule has 2 atom stereocenters. The van der Waals surface area contributed by atoms with Crippen LogP contribution < -0.4 is 16.0 Å². The Hall–Kier alpha value is -4.18. The van der Waals surface area contributed by atoms with Crippen LogP contribution in [0.2, 0.25) is 5.02 Å². The van der Waals surface area contributed by atoms with Crippen molar-refractivity contribution in [1.82, 2.24) is 24.9 Å². The van der Waals surface area contributed by atoms with E-state index < -0.39 is 6.09 Å². The highest BCUT2D eigenvalue weighted by Gasteiger charge is 2.25. The first-order valence-electron chi connectivity index (χ1n) is 11.6. The Balaban J connectivity index is 1.24. The van der Waals surface area contributed by atoms with Gasteiger partial charge in [-0.25, -0.2) is 19.3 Å². The molecule has 4 N–H and O–H groups in total. The zero-order valence-electron chi connectivity index (χ0n) is 19.2. The average molecular weight is 506 g/mol. The van der Waals surface area contributed by atoms with E-state index in [1.807, 2.05) is 24.4 Å². The molecule has 0 bridgehead atoms. The third-order valence-electron chi connectivity index (χ3n) is 6.17. The van der Waals surface area contributed by atoms with Crippen LogP contribution in [0.5, 0.6) is 0 Å². The average Bonchev–Trinajstić information content (AvgIpc) is 3.29. The molecule has 1 saturated carbocycles. The third-order valence-corrected chi connectivity index (χ3v) is 6.44. The lowest BCUT2D eigenvalue weighted by atomic mass is 9.91. The van der Waals surface area contributed by atoms with Gasteiger partial charge in [0.15, 0.2) is 0 Å². The van der Waals surface area contributed by atoms with Crippen molar-refractivity contribution in [2.75, 3.05) is 10.6 Å².